The summed E-state index contributed by atoms with van der Waals surface area (Å²) < 4.78 is 5.32. The molecule has 1 saturated carbocycles. The summed E-state index contributed by atoms with van der Waals surface area (Å²) in [5.74, 6) is 0.474. The molecule has 0 atom stereocenters. The fraction of sp³-hybridized carbons (Fsp3) is 0.385. The zero-order valence-corrected chi connectivity index (χ0v) is 9.87. The van der Waals surface area contributed by atoms with Crippen LogP contribution in [0.3, 0.4) is 0 Å². The van der Waals surface area contributed by atoms with Crippen LogP contribution in [0.25, 0.3) is 11.0 Å². The molecule has 2 aromatic rings. The number of aliphatic carboxylic acids is 1. The van der Waals surface area contributed by atoms with Crippen molar-refractivity contribution >= 4 is 22.8 Å². The molecular formula is C13H14N2O3. The van der Waals surface area contributed by atoms with Gasteiger partial charge in [-0.1, -0.05) is 0 Å². The molecule has 2 heterocycles. The smallest absolute Gasteiger partial charge is 0.323 e. The quantitative estimate of drug-likeness (QED) is 0.875. The molecule has 94 valence electrons. The van der Waals surface area contributed by atoms with E-state index < -0.39 is 5.97 Å². The van der Waals surface area contributed by atoms with Crippen LogP contribution in [0.5, 0.6) is 0 Å². The molecule has 0 unspecified atom stereocenters. The topological polar surface area (TPSA) is 66.6 Å². The number of carboxylic acid groups (broad SMARTS) is 1. The van der Waals surface area contributed by atoms with E-state index in [-0.39, 0.29) is 6.54 Å². The molecule has 0 amide bonds. The molecule has 2 aromatic heterocycles. The fourth-order valence-corrected chi connectivity index (χ4v) is 2.13. The number of nitrogens with zero attached hydrogens (tertiary/aromatic N) is 2. The van der Waals surface area contributed by atoms with Gasteiger partial charge in [-0.25, -0.2) is 4.98 Å². The minimum Gasteiger partial charge on any atom is -0.480 e. The van der Waals surface area contributed by atoms with Gasteiger partial charge in [-0.2, -0.15) is 0 Å². The number of aromatic nitrogens is 1. The zero-order valence-electron chi connectivity index (χ0n) is 9.87. The van der Waals surface area contributed by atoms with E-state index in [9.17, 15) is 4.79 Å². The molecule has 1 aliphatic carbocycles. The Kier molecular flexibility index (Phi) is 2.66. The predicted octanol–water partition coefficient (Wildman–Crippen LogP) is 2.13. The molecular weight excluding hydrogens is 232 g/mol. The second-order valence-corrected chi connectivity index (χ2v) is 4.68. The first-order valence-electron chi connectivity index (χ1n) is 6.03. The highest BCUT2D eigenvalue weighted by molar-refractivity contribution is 5.89. The highest BCUT2D eigenvalue weighted by Crippen LogP contribution is 2.33. The number of furan rings is 1. The molecule has 1 aliphatic rings. The van der Waals surface area contributed by atoms with Gasteiger partial charge in [-0.15, -0.1) is 0 Å². The maximum atomic E-state index is 11.0. The van der Waals surface area contributed by atoms with Crippen molar-refractivity contribution < 1.29 is 14.3 Å². The van der Waals surface area contributed by atoms with Crippen LogP contribution in [-0.2, 0) is 4.79 Å². The van der Waals surface area contributed by atoms with E-state index in [1.54, 1.807) is 18.5 Å². The van der Waals surface area contributed by atoms with Crippen LogP contribution in [0.15, 0.2) is 29.0 Å². The van der Waals surface area contributed by atoms with Crippen LogP contribution in [0.2, 0.25) is 0 Å². The van der Waals surface area contributed by atoms with E-state index in [0.29, 0.717) is 11.7 Å². The van der Waals surface area contributed by atoms with Crippen LogP contribution < -0.4 is 4.90 Å². The van der Waals surface area contributed by atoms with E-state index in [1.807, 2.05) is 11.0 Å². The lowest BCUT2D eigenvalue weighted by Crippen LogP contribution is -2.32. The average molecular weight is 246 g/mol. The Morgan fingerprint density at radius 1 is 1.50 bits per heavy atom. The summed E-state index contributed by atoms with van der Waals surface area (Å²) in [7, 11) is 0. The summed E-state index contributed by atoms with van der Waals surface area (Å²) in [6.07, 6.45) is 5.61. The lowest BCUT2D eigenvalue weighted by atomic mass is 10.2. The predicted molar refractivity (Wildman–Crippen MR) is 66.6 cm³/mol. The monoisotopic (exact) mass is 246 g/mol. The summed E-state index contributed by atoms with van der Waals surface area (Å²) in [6, 6.07) is 3.62. The summed E-state index contributed by atoms with van der Waals surface area (Å²) in [6.45, 7) is 0.734. The van der Waals surface area contributed by atoms with E-state index in [2.05, 4.69) is 4.98 Å². The molecule has 3 rings (SSSR count). The third kappa shape index (κ3) is 2.16. The molecule has 0 aliphatic heterocycles. The van der Waals surface area contributed by atoms with Crippen molar-refractivity contribution in [2.24, 2.45) is 5.92 Å². The van der Waals surface area contributed by atoms with E-state index in [0.717, 1.165) is 17.5 Å². The summed E-state index contributed by atoms with van der Waals surface area (Å²) in [5.41, 5.74) is 0.742. The largest absolute Gasteiger partial charge is 0.480 e. The van der Waals surface area contributed by atoms with Gasteiger partial charge < -0.3 is 14.4 Å². The number of fused-ring (bicyclic) bond motifs is 1. The molecule has 5 heteroatoms. The van der Waals surface area contributed by atoms with Crippen LogP contribution in [0, 0.1) is 5.92 Å². The maximum absolute atomic E-state index is 11.0. The van der Waals surface area contributed by atoms with Crippen molar-refractivity contribution in [3.05, 3.63) is 24.6 Å². The van der Waals surface area contributed by atoms with Crippen molar-refractivity contribution in [3.8, 4) is 0 Å². The number of rotatable bonds is 5. The van der Waals surface area contributed by atoms with Gasteiger partial charge >= 0.3 is 5.97 Å². The second-order valence-electron chi connectivity index (χ2n) is 4.68. The van der Waals surface area contributed by atoms with Crippen molar-refractivity contribution in [2.75, 3.05) is 18.0 Å². The van der Waals surface area contributed by atoms with Crippen LogP contribution >= 0.6 is 0 Å². The number of hydrogen-bond acceptors (Lipinski definition) is 4. The van der Waals surface area contributed by atoms with Crippen LogP contribution in [0.1, 0.15) is 12.8 Å². The van der Waals surface area contributed by atoms with Crippen molar-refractivity contribution in [1.29, 1.82) is 0 Å². The van der Waals surface area contributed by atoms with Gasteiger partial charge in [0, 0.05) is 12.7 Å². The Morgan fingerprint density at radius 3 is 3.06 bits per heavy atom. The Bertz CT molecular complexity index is 574. The molecule has 18 heavy (non-hydrogen) atoms. The molecule has 1 N–H and O–H groups in total. The first-order chi connectivity index (χ1) is 8.74. The SMILES string of the molecule is O=C(O)CN(CC1CC1)c1nccc2occc12. The Balaban J connectivity index is 1.96. The van der Waals surface area contributed by atoms with Crippen LogP contribution in [-0.4, -0.2) is 29.1 Å². The number of anilines is 1. The average Bonchev–Trinajstić information content (AvgIpc) is 3.02. The lowest BCUT2D eigenvalue weighted by Gasteiger charge is -2.21. The Hall–Kier alpha value is -2.04. The molecule has 0 bridgehead atoms. The second kappa shape index (κ2) is 4.33. The van der Waals surface area contributed by atoms with Gasteiger partial charge in [0.25, 0.3) is 0 Å². The number of carbonyl (C=O) groups is 1. The molecule has 5 nitrogen and oxygen atoms in total. The molecule has 0 radical (unpaired) electrons. The first kappa shape index (κ1) is 11.1. The molecule has 1 fully saturated rings. The van der Waals surface area contributed by atoms with Gasteiger partial charge in [0.05, 0.1) is 11.6 Å². The fourth-order valence-electron chi connectivity index (χ4n) is 2.13. The number of hydrogen-bond donors (Lipinski definition) is 1. The van der Waals surface area contributed by atoms with E-state index in [4.69, 9.17) is 9.52 Å². The van der Waals surface area contributed by atoms with Crippen molar-refractivity contribution in [3.63, 3.8) is 0 Å². The van der Waals surface area contributed by atoms with Gasteiger partial charge in [0.15, 0.2) is 0 Å². The van der Waals surface area contributed by atoms with Gasteiger partial charge in [-0.3, -0.25) is 4.79 Å². The number of carboxylic acids is 1. The lowest BCUT2D eigenvalue weighted by molar-refractivity contribution is -0.135. The Morgan fingerprint density at radius 2 is 2.33 bits per heavy atom. The maximum Gasteiger partial charge on any atom is 0.323 e. The third-order valence-corrected chi connectivity index (χ3v) is 3.16. The van der Waals surface area contributed by atoms with Gasteiger partial charge in [-0.05, 0) is 30.9 Å². The van der Waals surface area contributed by atoms with Gasteiger partial charge in [0.2, 0.25) is 0 Å². The number of pyridine rings is 1. The molecule has 0 spiro atoms. The normalized spacial score (nSPS) is 14.9. The molecule has 0 aromatic carbocycles. The van der Waals surface area contributed by atoms with Gasteiger partial charge in [0.1, 0.15) is 17.9 Å². The van der Waals surface area contributed by atoms with E-state index in [1.165, 1.54) is 12.8 Å². The van der Waals surface area contributed by atoms with Crippen LogP contribution in [0.4, 0.5) is 5.82 Å². The summed E-state index contributed by atoms with van der Waals surface area (Å²) in [4.78, 5) is 17.1. The summed E-state index contributed by atoms with van der Waals surface area (Å²) >= 11 is 0. The summed E-state index contributed by atoms with van der Waals surface area (Å²) in [5, 5.41) is 9.88. The van der Waals surface area contributed by atoms with Crippen molar-refractivity contribution in [1.82, 2.24) is 4.98 Å². The van der Waals surface area contributed by atoms with E-state index >= 15 is 0 Å². The highest BCUT2D eigenvalue weighted by Gasteiger charge is 2.27. The first-order valence-corrected chi connectivity index (χ1v) is 6.03. The van der Waals surface area contributed by atoms with Crippen molar-refractivity contribution in [2.45, 2.75) is 12.8 Å². The third-order valence-electron chi connectivity index (χ3n) is 3.16. The molecule has 0 saturated heterocycles. The highest BCUT2D eigenvalue weighted by atomic mass is 16.4. The Labute approximate surface area is 104 Å². The standard InChI is InChI=1S/C13H14N2O3/c16-12(17)8-15(7-9-1-2-9)13-10-4-6-18-11(10)3-5-14-13/h3-6,9H,1-2,7-8H2,(H,16,17). The zero-order chi connectivity index (χ0) is 12.5. The minimum atomic E-state index is -0.835. The minimum absolute atomic E-state index is 0.0200.